The number of hydrogen-bond acceptors (Lipinski definition) is 5. The number of sulfonamides is 1. The molecule has 29 heavy (non-hydrogen) atoms. The Balaban J connectivity index is 1.71. The summed E-state index contributed by atoms with van der Waals surface area (Å²) in [6.07, 6.45) is 1.70. The van der Waals surface area contributed by atoms with Gasteiger partial charge in [-0.25, -0.2) is 8.42 Å². The first kappa shape index (κ1) is 21.2. The predicted molar refractivity (Wildman–Crippen MR) is 113 cm³/mol. The molecule has 1 heterocycles. The van der Waals surface area contributed by atoms with Gasteiger partial charge in [-0.15, -0.1) is 0 Å². The summed E-state index contributed by atoms with van der Waals surface area (Å²) in [5.41, 5.74) is 1.57. The van der Waals surface area contributed by atoms with E-state index in [2.05, 4.69) is 12.2 Å². The van der Waals surface area contributed by atoms with Gasteiger partial charge in [0.15, 0.2) is 11.6 Å². The third kappa shape index (κ3) is 5.10. The van der Waals surface area contributed by atoms with Gasteiger partial charge in [0.05, 0.1) is 11.4 Å². The molecule has 0 spiro atoms. The van der Waals surface area contributed by atoms with Gasteiger partial charge in [0.25, 0.3) is 0 Å². The maximum atomic E-state index is 12.9. The Kier molecular flexibility index (Phi) is 6.49. The summed E-state index contributed by atoms with van der Waals surface area (Å²) < 4.78 is 27.3. The first-order chi connectivity index (χ1) is 13.8. The van der Waals surface area contributed by atoms with Crippen molar-refractivity contribution in [1.29, 1.82) is 0 Å². The lowest BCUT2D eigenvalue weighted by molar-refractivity contribution is 0.100. The predicted octanol–water partition coefficient (Wildman–Crippen LogP) is 3.60. The van der Waals surface area contributed by atoms with Crippen LogP contribution in [0.15, 0.2) is 53.4 Å². The van der Waals surface area contributed by atoms with Crippen LogP contribution >= 0.6 is 0 Å². The van der Waals surface area contributed by atoms with E-state index in [4.69, 9.17) is 0 Å². The second kappa shape index (κ2) is 8.88. The molecule has 1 fully saturated rings. The van der Waals surface area contributed by atoms with E-state index in [9.17, 15) is 18.0 Å². The van der Waals surface area contributed by atoms with Crippen LogP contribution in [0.2, 0.25) is 0 Å². The Labute approximate surface area is 172 Å². The van der Waals surface area contributed by atoms with Crippen LogP contribution in [-0.4, -0.2) is 43.9 Å². The monoisotopic (exact) mass is 414 g/mol. The summed E-state index contributed by atoms with van der Waals surface area (Å²) in [7, 11) is -3.60. The molecule has 2 aromatic rings. The van der Waals surface area contributed by atoms with Crippen molar-refractivity contribution in [2.24, 2.45) is 5.92 Å². The first-order valence-electron chi connectivity index (χ1n) is 9.75. The lowest BCUT2D eigenvalue weighted by atomic mass is 10.0. The van der Waals surface area contributed by atoms with Gasteiger partial charge in [-0.3, -0.25) is 9.59 Å². The lowest BCUT2D eigenvalue weighted by Crippen LogP contribution is -2.37. The Morgan fingerprint density at radius 1 is 1.03 bits per heavy atom. The molecule has 2 aromatic carbocycles. The van der Waals surface area contributed by atoms with Crippen LogP contribution in [0, 0.1) is 5.92 Å². The minimum absolute atomic E-state index is 0.00604. The third-order valence-corrected chi connectivity index (χ3v) is 7.15. The van der Waals surface area contributed by atoms with Crippen LogP contribution in [0.3, 0.4) is 0 Å². The van der Waals surface area contributed by atoms with Crippen molar-refractivity contribution in [2.45, 2.75) is 31.6 Å². The van der Waals surface area contributed by atoms with Crippen LogP contribution in [-0.2, 0) is 10.0 Å². The van der Waals surface area contributed by atoms with Gasteiger partial charge in [0, 0.05) is 29.9 Å². The SMILES string of the molecule is CC(=O)c1cccc(NCC(=O)c2cccc(S(=O)(=O)N3CCC(C)CC3)c2)c1. The Morgan fingerprint density at radius 2 is 1.69 bits per heavy atom. The number of benzene rings is 2. The highest BCUT2D eigenvalue weighted by Crippen LogP contribution is 2.24. The smallest absolute Gasteiger partial charge is 0.243 e. The molecule has 1 saturated heterocycles. The molecule has 3 rings (SSSR count). The summed E-state index contributed by atoms with van der Waals surface area (Å²) in [6, 6.07) is 13.1. The molecule has 0 aliphatic carbocycles. The van der Waals surface area contributed by atoms with Gasteiger partial charge < -0.3 is 5.32 Å². The molecule has 154 valence electrons. The molecule has 0 aromatic heterocycles. The van der Waals surface area contributed by atoms with Crippen LogP contribution in [0.5, 0.6) is 0 Å². The second-order valence-electron chi connectivity index (χ2n) is 7.53. The van der Waals surface area contributed by atoms with Crippen molar-refractivity contribution in [3.63, 3.8) is 0 Å². The Morgan fingerprint density at radius 3 is 2.38 bits per heavy atom. The Hall–Kier alpha value is -2.51. The quantitative estimate of drug-likeness (QED) is 0.700. The van der Waals surface area contributed by atoms with Gasteiger partial charge in [0.2, 0.25) is 10.0 Å². The maximum Gasteiger partial charge on any atom is 0.243 e. The second-order valence-corrected chi connectivity index (χ2v) is 9.47. The summed E-state index contributed by atoms with van der Waals surface area (Å²) in [5, 5.41) is 3.00. The van der Waals surface area contributed by atoms with Crippen molar-refractivity contribution < 1.29 is 18.0 Å². The molecule has 0 amide bonds. The lowest BCUT2D eigenvalue weighted by Gasteiger charge is -2.29. The van der Waals surface area contributed by atoms with E-state index in [-0.39, 0.29) is 23.0 Å². The summed E-state index contributed by atoms with van der Waals surface area (Å²) >= 11 is 0. The molecule has 6 nitrogen and oxygen atoms in total. The van der Waals surface area contributed by atoms with E-state index >= 15 is 0 Å². The molecule has 0 saturated carbocycles. The molecule has 0 unspecified atom stereocenters. The summed E-state index contributed by atoms with van der Waals surface area (Å²) in [6.45, 7) is 4.64. The van der Waals surface area contributed by atoms with Gasteiger partial charge in [-0.2, -0.15) is 4.31 Å². The van der Waals surface area contributed by atoms with E-state index in [0.29, 0.717) is 35.8 Å². The molecule has 1 N–H and O–H groups in total. The first-order valence-corrected chi connectivity index (χ1v) is 11.2. The number of piperidine rings is 1. The number of hydrogen-bond donors (Lipinski definition) is 1. The van der Waals surface area contributed by atoms with Gasteiger partial charge in [-0.05, 0) is 49.9 Å². The highest BCUT2D eigenvalue weighted by Gasteiger charge is 2.28. The van der Waals surface area contributed by atoms with Crippen molar-refractivity contribution in [3.05, 3.63) is 59.7 Å². The van der Waals surface area contributed by atoms with Crippen LogP contribution in [0.25, 0.3) is 0 Å². The molecular formula is C22H26N2O4S. The average Bonchev–Trinajstić information content (AvgIpc) is 2.72. The van der Waals surface area contributed by atoms with E-state index in [1.807, 2.05) is 0 Å². The molecule has 0 bridgehead atoms. The van der Waals surface area contributed by atoms with Crippen molar-refractivity contribution in [1.82, 2.24) is 4.31 Å². The van der Waals surface area contributed by atoms with Crippen LogP contribution < -0.4 is 5.32 Å². The zero-order chi connectivity index (χ0) is 21.0. The largest absolute Gasteiger partial charge is 0.378 e. The normalized spacial score (nSPS) is 15.8. The zero-order valence-electron chi connectivity index (χ0n) is 16.7. The molecular weight excluding hydrogens is 388 g/mol. The topological polar surface area (TPSA) is 83.5 Å². The fraction of sp³-hybridized carbons (Fsp3) is 0.364. The summed E-state index contributed by atoms with van der Waals surface area (Å²) in [4.78, 5) is 24.2. The number of Topliss-reactive ketones (excluding diaryl/α,β-unsaturated/α-hetero) is 2. The van der Waals surface area contributed by atoms with Gasteiger partial charge in [0.1, 0.15) is 0 Å². The number of rotatable bonds is 7. The molecule has 0 atom stereocenters. The molecule has 1 aliphatic heterocycles. The number of anilines is 1. The maximum absolute atomic E-state index is 12.9. The number of ketones is 2. The number of carbonyl (C=O) groups is 2. The standard InChI is InChI=1S/C22H26N2O4S/c1-16-9-11-24(12-10-16)29(27,28)21-8-4-6-19(14-21)22(26)15-23-20-7-3-5-18(13-20)17(2)25/h3-8,13-14,16,23H,9-12,15H2,1-2H3. The van der Waals surface area contributed by atoms with Crippen LogP contribution in [0.1, 0.15) is 47.4 Å². The highest BCUT2D eigenvalue weighted by molar-refractivity contribution is 7.89. The fourth-order valence-corrected chi connectivity index (χ4v) is 4.85. The molecule has 1 aliphatic rings. The zero-order valence-corrected chi connectivity index (χ0v) is 17.5. The fourth-order valence-electron chi connectivity index (χ4n) is 3.34. The summed E-state index contributed by atoms with van der Waals surface area (Å²) in [5.74, 6) is 0.259. The van der Waals surface area contributed by atoms with E-state index in [1.54, 1.807) is 36.4 Å². The Bertz CT molecular complexity index is 1010. The third-order valence-electron chi connectivity index (χ3n) is 5.26. The minimum atomic E-state index is -3.60. The molecule has 7 heteroatoms. The number of nitrogens with one attached hydrogen (secondary N) is 1. The van der Waals surface area contributed by atoms with Crippen molar-refractivity contribution in [2.75, 3.05) is 25.0 Å². The van der Waals surface area contributed by atoms with E-state index in [0.717, 1.165) is 12.8 Å². The van der Waals surface area contributed by atoms with Gasteiger partial charge in [-0.1, -0.05) is 31.2 Å². The van der Waals surface area contributed by atoms with E-state index in [1.165, 1.54) is 23.4 Å². The molecule has 0 radical (unpaired) electrons. The van der Waals surface area contributed by atoms with Gasteiger partial charge >= 0.3 is 0 Å². The minimum Gasteiger partial charge on any atom is -0.378 e. The van der Waals surface area contributed by atoms with Crippen molar-refractivity contribution >= 4 is 27.3 Å². The van der Waals surface area contributed by atoms with E-state index < -0.39 is 10.0 Å². The number of carbonyl (C=O) groups excluding carboxylic acids is 2. The number of nitrogens with zero attached hydrogens (tertiary/aromatic N) is 1. The highest BCUT2D eigenvalue weighted by atomic mass is 32.2. The average molecular weight is 415 g/mol. The van der Waals surface area contributed by atoms with Crippen LogP contribution in [0.4, 0.5) is 5.69 Å². The van der Waals surface area contributed by atoms with Crippen molar-refractivity contribution in [3.8, 4) is 0 Å².